The van der Waals surface area contributed by atoms with Crippen LogP contribution in [0.3, 0.4) is 0 Å². The smallest absolute Gasteiger partial charge is 0.263 e. The highest BCUT2D eigenvalue weighted by atomic mass is 19.3. The molecule has 0 radical (unpaired) electrons. The third-order valence-electron chi connectivity index (χ3n) is 6.31. The first kappa shape index (κ1) is 21.5. The first-order chi connectivity index (χ1) is 16.0. The third kappa shape index (κ3) is 3.76. The molecule has 2 aromatic carbocycles. The molecular formula is C24H23F3N4O2. The molecule has 2 atom stereocenters. The number of hydrogen-bond donors (Lipinski definition) is 1. The second kappa shape index (κ2) is 8.55. The van der Waals surface area contributed by atoms with Gasteiger partial charge >= 0.3 is 0 Å². The first-order valence-corrected chi connectivity index (χ1v) is 10.7. The molecule has 3 aromatic rings. The summed E-state index contributed by atoms with van der Waals surface area (Å²) in [7, 11) is 1.37. The Hall–Kier alpha value is -3.33. The molecule has 172 valence electrons. The SMILES string of the molecule is COc1c(F)cccc1-c1cc2c(nn1)NC[C@]1(C(F)F)C[C@@H](OCc3ccccc3)CN21. The number of rotatable bonds is 6. The van der Waals surface area contributed by atoms with Gasteiger partial charge in [-0.15, -0.1) is 10.2 Å². The van der Waals surface area contributed by atoms with Gasteiger partial charge in [0.25, 0.3) is 6.43 Å². The molecule has 1 saturated heterocycles. The molecule has 1 aromatic heterocycles. The van der Waals surface area contributed by atoms with Crippen LogP contribution < -0.4 is 15.0 Å². The minimum atomic E-state index is -2.61. The van der Waals surface area contributed by atoms with Gasteiger partial charge in [-0.1, -0.05) is 36.4 Å². The zero-order valence-electron chi connectivity index (χ0n) is 18.0. The number of para-hydroxylation sites is 1. The van der Waals surface area contributed by atoms with Gasteiger partial charge in [0.05, 0.1) is 31.2 Å². The number of methoxy groups -OCH3 is 1. The van der Waals surface area contributed by atoms with Crippen LogP contribution in [0.25, 0.3) is 11.3 Å². The second-order valence-electron chi connectivity index (χ2n) is 8.28. The first-order valence-electron chi connectivity index (χ1n) is 10.7. The summed E-state index contributed by atoms with van der Waals surface area (Å²) in [5.74, 6) is -0.0969. The molecule has 0 amide bonds. The lowest BCUT2D eigenvalue weighted by atomic mass is 9.93. The molecule has 5 rings (SSSR count). The van der Waals surface area contributed by atoms with Crippen molar-refractivity contribution in [3.8, 4) is 17.0 Å². The van der Waals surface area contributed by atoms with Gasteiger partial charge in [0, 0.05) is 25.1 Å². The molecule has 9 heteroatoms. The Morgan fingerprint density at radius 1 is 1.15 bits per heavy atom. The van der Waals surface area contributed by atoms with Crippen LogP contribution in [0.5, 0.6) is 5.75 Å². The van der Waals surface area contributed by atoms with Gasteiger partial charge in [-0.05, 0) is 23.8 Å². The Balaban J connectivity index is 1.48. The number of alkyl halides is 2. The normalized spacial score (nSPS) is 21.5. The summed E-state index contributed by atoms with van der Waals surface area (Å²) in [6, 6.07) is 15.8. The second-order valence-corrected chi connectivity index (χ2v) is 8.28. The van der Waals surface area contributed by atoms with E-state index in [4.69, 9.17) is 9.47 Å². The van der Waals surface area contributed by atoms with E-state index in [-0.39, 0.29) is 31.4 Å². The molecule has 0 saturated carbocycles. The van der Waals surface area contributed by atoms with E-state index in [2.05, 4.69) is 15.5 Å². The lowest BCUT2D eigenvalue weighted by Crippen LogP contribution is -2.57. The van der Waals surface area contributed by atoms with E-state index < -0.39 is 17.8 Å². The van der Waals surface area contributed by atoms with Crippen molar-refractivity contribution in [1.82, 2.24) is 10.2 Å². The van der Waals surface area contributed by atoms with Crippen molar-refractivity contribution >= 4 is 11.5 Å². The summed E-state index contributed by atoms with van der Waals surface area (Å²) in [5.41, 5.74) is 0.783. The van der Waals surface area contributed by atoms with E-state index in [9.17, 15) is 13.2 Å². The number of hydrogen-bond acceptors (Lipinski definition) is 6. The van der Waals surface area contributed by atoms with E-state index in [1.165, 1.54) is 13.2 Å². The predicted molar refractivity (Wildman–Crippen MR) is 118 cm³/mol. The number of ether oxygens (including phenoxy) is 2. The van der Waals surface area contributed by atoms with Gasteiger partial charge in [0.1, 0.15) is 5.54 Å². The summed E-state index contributed by atoms with van der Waals surface area (Å²) in [6.45, 7) is 0.663. The summed E-state index contributed by atoms with van der Waals surface area (Å²) in [6.07, 6.45) is -2.82. The van der Waals surface area contributed by atoms with Crippen LogP contribution >= 0.6 is 0 Å². The molecule has 1 fully saturated rings. The maximum atomic E-state index is 14.4. The molecule has 2 aliphatic rings. The van der Waals surface area contributed by atoms with Crippen molar-refractivity contribution in [3.05, 3.63) is 66.0 Å². The summed E-state index contributed by atoms with van der Waals surface area (Å²) in [5, 5.41) is 11.4. The van der Waals surface area contributed by atoms with Crippen molar-refractivity contribution in [2.45, 2.75) is 31.1 Å². The summed E-state index contributed by atoms with van der Waals surface area (Å²) >= 11 is 0. The van der Waals surface area contributed by atoms with E-state index in [1.54, 1.807) is 23.1 Å². The van der Waals surface area contributed by atoms with Crippen LogP contribution in [0.1, 0.15) is 12.0 Å². The molecule has 0 spiro atoms. The maximum absolute atomic E-state index is 14.4. The van der Waals surface area contributed by atoms with E-state index in [0.717, 1.165) is 5.56 Å². The number of anilines is 2. The molecule has 33 heavy (non-hydrogen) atoms. The minimum Gasteiger partial charge on any atom is -0.493 e. The van der Waals surface area contributed by atoms with Gasteiger partial charge in [0.2, 0.25) is 0 Å². The van der Waals surface area contributed by atoms with E-state index in [1.807, 2.05) is 30.3 Å². The third-order valence-corrected chi connectivity index (χ3v) is 6.31. The predicted octanol–water partition coefficient (Wildman–Crippen LogP) is 4.52. The Morgan fingerprint density at radius 3 is 2.73 bits per heavy atom. The topological polar surface area (TPSA) is 59.5 Å². The molecule has 2 aliphatic heterocycles. The largest absolute Gasteiger partial charge is 0.493 e. The molecule has 3 heterocycles. The van der Waals surface area contributed by atoms with Crippen LogP contribution in [-0.2, 0) is 11.3 Å². The Labute approximate surface area is 189 Å². The van der Waals surface area contributed by atoms with Crippen LogP contribution in [-0.4, -0.2) is 48.5 Å². The highest BCUT2D eigenvalue weighted by Crippen LogP contribution is 2.46. The average molecular weight is 456 g/mol. The lowest BCUT2D eigenvalue weighted by molar-refractivity contribution is 0.0216. The standard InChI is InChI=1S/C24H23F3N4O2/c1-32-21-17(8-5-9-18(21)25)19-10-20-22(30-29-19)28-14-24(23(26)27)11-16(12-31(20)24)33-13-15-6-3-2-4-7-15/h2-10,16,23H,11-14H2,1H3,(H,28,30)/t16-,24+/m1/s1. The monoisotopic (exact) mass is 456 g/mol. The number of benzene rings is 2. The van der Waals surface area contributed by atoms with Gasteiger partial charge in [-0.2, -0.15) is 0 Å². The number of halogens is 3. The van der Waals surface area contributed by atoms with Crippen LogP contribution in [0.4, 0.5) is 24.7 Å². The van der Waals surface area contributed by atoms with Crippen molar-refractivity contribution < 1.29 is 22.6 Å². The number of nitrogens with zero attached hydrogens (tertiary/aromatic N) is 3. The molecule has 6 nitrogen and oxygen atoms in total. The van der Waals surface area contributed by atoms with E-state index >= 15 is 0 Å². The molecular weight excluding hydrogens is 433 g/mol. The van der Waals surface area contributed by atoms with Gasteiger partial charge in [0.15, 0.2) is 17.4 Å². The molecule has 0 aliphatic carbocycles. The van der Waals surface area contributed by atoms with Crippen LogP contribution in [0.2, 0.25) is 0 Å². The number of aromatic nitrogens is 2. The van der Waals surface area contributed by atoms with Gasteiger partial charge < -0.3 is 19.7 Å². The quantitative estimate of drug-likeness (QED) is 0.589. The van der Waals surface area contributed by atoms with Crippen molar-refractivity contribution in [2.24, 2.45) is 0 Å². The molecule has 0 unspecified atom stereocenters. The maximum Gasteiger partial charge on any atom is 0.263 e. The fourth-order valence-corrected chi connectivity index (χ4v) is 4.64. The van der Waals surface area contributed by atoms with Gasteiger partial charge in [-0.3, -0.25) is 0 Å². The molecule has 0 bridgehead atoms. The van der Waals surface area contributed by atoms with Crippen molar-refractivity contribution in [1.29, 1.82) is 0 Å². The highest BCUT2D eigenvalue weighted by Gasteiger charge is 2.55. The van der Waals surface area contributed by atoms with Crippen molar-refractivity contribution in [3.63, 3.8) is 0 Å². The lowest BCUT2D eigenvalue weighted by Gasteiger charge is -2.43. The average Bonchev–Trinajstić information content (AvgIpc) is 3.24. The van der Waals surface area contributed by atoms with Gasteiger partial charge in [-0.25, -0.2) is 13.2 Å². The minimum absolute atomic E-state index is 0.0280. The fraction of sp³-hybridized carbons (Fsp3) is 0.333. The zero-order valence-corrected chi connectivity index (χ0v) is 18.0. The Bertz CT molecular complexity index is 1150. The number of fused-ring (bicyclic) bond motifs is 3. The summed E-state index contributed by atoms with van der Waals surface area (Å²) < 4.78 is 54.3. The molecule has 1 N–H and O–H groups in total. The van der Waals surface area contributed by atoms with Crippen LogP contribution in [0.15, 0.2) is 54.6 Å². The number of nitrogens with one attached hydrogen (secondary N) is 1. The Kier molecular flexibility index (Phi) is 5.57. The van der Waals surface area contributed by atoms with Crippen LogP contribution in [0, 0.1) is 5.82 Å². The zero-order chi connectivity index (χ0) is 23.0. The highest BCUT2D eigenvalue weighted by molar-refractivity contribution is 5.78. The Morgan fingerprint density at radius 2 is 1.97 bits per heavy atom. The summed E-state index contributed by atoms with van der Waals surface area (Å²) in [4.78, 5) is 1.67. The fourth-order valence-electron chi connectivity index (χ4n) is 4.64. The van der Waals surface area contributed by atoms with E-state index in [0.29, 0.717) is 29.4 Å². The van der Waals surface area contributed by atoms with Crippen molar-refractivity contribution in [2.75, 3.05) is 30.4 Å².